The molecule has 0 bridgehead atoms. The molecule has 0 aromatic heterocycles. The number of hydrogen-bond donors (Lipinski definition) is 3. The fraction of sp³-hybridized carbons (Fsp3) is 0.812. The lowest BCUT2D eigenvalue weighted by Gasteiger charge is -2.25. The number of aliphatic hydroxyl groups is 1. The fourth-order valence-corrected chi connectivity index (χ4v) is 2.78. The number of aliphatic hydroxyl groups excluding tert-OH is 1. The van der Waals surface area contributed by atoms with Crippen molar-refractivity contribution in [3.8, 4) is 0 Å². The second kappa shape index (κ2) is 9.50. The van der Waals surface area contributed by atoms with Gasteiger partial charge in [-0.2, -0.15) is 0 Å². The summed E-state index contributed by atoms with van der Waals surface area (Å²) in [5.41, 5.74) is 5.09. The molecular weight excluding hydrogens is 298 g/mol. The zero-order chi connectivity index (χ0) is 17.4. The molecule has 0 spiro atoms. The fourth-order valence-electron chi connectivity index (χ4n) is 2.78. The Bertz CT molecular complexity index is 428. The Labute approximate surface area is 137 Å². The first-order chi connectivity index (χ1) is 10.8. The summed E-state index contributed by atoms with van der Waals surface area (Å²) >= 11 is 0. The second-order valence-electron chi connectivity index (χ2n) is 6.32. The maximum atomic E-state index is 12.4. The Morgan fingerprint density at radius 3 is 2.61 bits per heavy atom. The third-order valence-electron chi connectivity index (χ3n) is 4.11. The summed E-state index contributed by atoms with van der Waals surface area (Å²) in [5.74, 6) is -0.766. The van der Waals surface area contributed by atoms with Gasteiger partial charge in [-0.1, -0.05) is 19.8 Å². The average Bonchev–Trinajstić information content (AvgIpc) is 2.87. The summed E-state index contributed by atoms with van der Waals surface area (Å²) < 4.78 is 0. The average molecular weight is 327 g/mol. The van der Waals surface area contributed by atoms with Crippen molar-refractivity contribution >= 4 is 17.7 Å². The zero-order valence-electron chi connectivity index (χ0n) is 14.1. The van der Waals surface area contributed by atoms with Crippen molar-refractivity contribution in [2.24, 2.45) is 5.73 Å². The quantitative estimate of drug-likeness (QED) is 0.529. The largest absolute Gasteiger partial charge is 0.391 e. The molecule has 1 rings (SSSR count). The van der Waals surface area contributed by atoms with Crippen molar-refractivity contribution in [1.82, 2.24) is 10.2 Å². The zero-order valence-corrected chi connectivity index (χ0v) is 14.1. The standard InChI is InChI=1S/C16H29N3O4/c1-3-4-5-6-15(22)19-10-12(20)9-13(19)16(23)18-11(2)7-8-14(17)21/h11-13,20H,3-10H2,1-2H3,(H2,17,21)(H,18,23). The van der Waals surface area contributed by atoms with Gasteiger partial charge in [-0.05, 0) is 19.8 Å². The molecule has 0 aromatic rings. The maximum absolute atomic E-state index is 12.4. The molecule has 7 nitrogen and oxygen atoms in total. The summed E-state index contributed by atoms with van der Waals surface area (Å²) in [6.07, 6.45) is 3.46. The lowest BCUT2D eigenvalue weighted by atomic mass is 10.1. The number of amides is 3. The molecular formula is C16H29N3O4. The Hall–Kier alpha value is -1.63. The third-order valence-corrected chi connectivity index (χ3v) is 4.11. The van der Waals surface area contributed by atoms with Crippen LogP contribution in [0.15, 0.2) is 0 Å². The second-order valence-corrected chi connectivity index (χ2v) is 6.32. The molecule has 1 fully saturated rings. The monoisotopic (exact) mass is 327 g/mol. The smallest absolute Gasteiger partial charge is 0.243 e. The highest BCUT2D eigenvalue weighted by Gasteiger charge is 2.38. The minimum absolute atomic E-state index is 0.0834. The summed E-state index contributed by atoms with van der Waals surface area (Å²) in [7, 11) is 0. The number of nitrogens with one attached hydrogen (secondary N) is 1. The maximum Gasteiger partial charge on any atom is 0.243 e. The van der Waals surface area contributed by atoms with Gasteiger partial charge in [0.15, 0.2) is 0 Å². The minimum Gasteiger partial charge on any atom is -0.391 e. The Morgan fingerprint density at radius 2 is 2.00 bits per heavy atom. The van der Waals surface area contributed by atoms with E-state index in [2.05, 4.69) is 12.2 Å². The van der Waals surface area contributed by atoms with Crippen LogP contribution in [0.2, 0.25) is 0 Å². The van der Waals surface area contributed by atoms with E-state index < -0.39 is 18.1 Å². The predicted octanol–water partition coefficient (Wildman–Crippen LogP) is 0.299. The highest BCUT2D eigenvalue weighted by atomic mass is 16.3. The lowest BCUT2D eigenvalue weighted by Crippen LogP contribution is -2.48. The van der Waals surface area contributed by atoms with Crippen LogP contribution < -0.4 is 11.1 Å². The van der Waals surface area contributed by atoms with Crippen LogP contribution in [0.1, 0.15) is 58.8 Å². The number of likely N-dealkylation sites (tertiary alicyclic amines) is 1. The molecule has 23 heavy (non-hydrogen) atoms. The number of hydrogen-bond acceptors (Lipinski definition) is 4. The molecule has 132 valence electrons. The Balaban J connectivity index is 2.55. The van der Waals surface area contributed by atoms with Crippen LogP contribution in [0.4, 0.5) is 0 Å². The molecule has 3 amide bonds. The third kappa shape index (κ3) is 6.56. The van der Waals surface area contributed by atoms with Gasteiger partial charge in [-0.25, -0.2) is 0 Å². The van der Waals surface area contributed by atoms with Gasteiger partial charge in [0.2, 0.25) is 17.7 Å². The summed E-state index contributed by atoms with van der Waals surface area (Å²) in [4.78, 5) is 36.9. The number of unbranched alkanes of at least 4 members (excludes halogenated alkanes) is 2. The van der Waals surface area contributed by atoms with Crippen molar-refractivity contribution in [2.75, 3.05) is 6.54 Å². The van der Waals surface area contributed by atoms with Gasteiger partial charge >= 0.3 is 0 Å². The topological polar surface area (TPSA) is 113 Å². The highest BCUT2D eigenvalue weighted by molar-refractivity contribution is 5.88. The van der Waals surface area contributed by atoms with Crippen molar-refractivity contribution in [3.05, 3.63) is 0 Å². The summed E-state index contributed by atoms with van der Waals surface area (Å²) in [5, 5.41) is 12.6. The van der Waals surface area contributed by atoms with E-state index in [1.807, 2.05) is 0 Å². The molecule has 1 saturated heterocycles. The van der Waals surface area contributed by atoms with Crippen LogP contribution in [-0.4, -0.2) is 52.5 Å². The lowest BCUT2D eigenvalue weighted by molar-refractivity contribution is -0.138. The van der Waals surface area contributed by atoms with E-state index in [9.17, 15) is 19.5 Å². The van der Waals surface area contributed by atoms with Gasteiger partial charge in [-0.15, -0.1) is 0 Å². The molecule has 0 aromatic carbocycles. The van der Waals surface area contributed by atoms with Gasteiger partial charge in [0, 0.05) is 31.8 Å². The molecule has 3 atom stereocenters. The van der Waals surface area contributed by atoms with E-state index in [-0.39, 0.29) is 37.2 Å². The van der Waals surface area contributed by atoms with Gasteiger partial charge in [0.05, 0.1) is 6.10 Å². The molecule has 0 saturated carbocycles. The predicted molar refractivity (Wildman–Crippen MR) is 86.3 cm³/mol. The van der Waals surface area contributed by atoms with Crippen molar-refractivity contribution in [1.29, 1.82) is 0 Å². The number of nitrogens with two attached hydrogens (primary N) is 1. The van der Waals surface area contributed by atoms with Crippen molar-refractivity contribution < 1.29 is 19.5 Å². The number of carbonyl (C=O) groups excluding carboxylic acids is 3. The molecule has 4 N–H and O–H groups in total. The number of nitrogens with zero attached hydrogens (tertiary/aromatic N) is 1. The van der Waals surface area contributed by atoms with Crippen LogP contribution in [0.5, 0.6) is 0 Å². The van der Waals surface area contributed by atoms with Crippen LogP contribution in [0.25, 0.3) is 0 Å². The molecule has 0 aliphatic carbocycles. The van der Waals surface area contributed by atoms with E-state index in [4.69, 9.17) is 5.73 Å². The number of β-amino-alcohol motifs (C(OH)–C–C–N with tert-alkyl or cyclic N) is 1. The first-order valence-corrected chi connectivity index (χ1v) is 8.41. The summed E-state index contributed by atoms with van der Waals surface area (Å²) in [6.45, 7) is 4.06. The number of carbonyl (C=O) groups is 3. The normalized spacial score (nSPS) is 22.0. The number of rotatable bonds is 9. The van der Waals surface area contributed by atoms with E-state index in [1.54, 1.807) is 6.92 Å². The van der Waals surface area contributed by atoms with E-state index in [0.717, 1.165) is 19.3 Å². The molecule has 1 aliphatic heterocycles. The number of primary amides is 1. The molecule has 1 heterocycles. The first-order valence-electron chi connectivity index (χ1n) is 8.41. The van der Waals surface area contributed by atoms with Gasteiger partial charge in [0.1, 0.15) is 6.04 Å². The first kappa shape index (κ1) is 19.4. The van der Waals surface area contributed by atoms with Crippen molar-refractivity contribution in [2.45, 2.75) is 77.0 Å². The van der Waals surface area contributed by atoms with E-state index in [0.29, 0.717) is 12.8 Å². The SMILES string of the molecule is CCCCCC(=O)N1CC(O)CC1C(=O)NC(C)CCC(N)=O. The van der Waals surface area contributed by atoms with Crippen LogP contribution >= 0.6 is 0 Å². The molecule has 3 unspecified atom stereocenters. The van der Waals surface area contributed by atoms with Crippen LogP contribution in [0, 0.1) is 0 Å². The minimum atomic E-state index is -0.665. The van der Waals surface area contributed by atoms with Crippen LogP contribution in [-0.2, 0) is 14.4 Å². The Kier molecular flexibility index (Phi) is 8.02. The van der Waals surface area contributed by atoms with Gasteiger partial charge in [0.25, 0.3) is 0 Å². The Morgan fingerprint density at radius 1 is 1.30 bits per heavy atom. The van der Waals surface area contributed by atoms with E-state index >= 15 is 0 Å². The van der Waals surface area contributed by atoms with Crippen LogP contribution in [0.3, 0.4) is 0 Å². The summed E-state index contributed by atoms with van der Waals surface area (Å²) in [6, 6.07) is -0.833. The van der Waals surface area contributed by atoms with E-state index in [1.165, 1.54) is 4.90 Å². The molecule has 1 aliphatic rings. The molecule has 0 radical (unpaired) electrons. The molecule has 7 heteroatoms. The highest BCUT2D eigenvalue weighted by Crippen LogP contribution is 2.20. The van der Waals surface area contributed by atoms with Crippen molar-refractivity contribution in [3.63, 3.8) is 0 Å². The van der Waals surface area contributed by atoms with Gasteiger partial charge < -0.3 is 21.1 Å². The van der Waals surface area contributed by atoms with Gasteiger partial charge in [-0.3, -0.25) is 14.4 Å².